The Morgan fingerprint density at radius 2 is 2.06 bits per heavy atom. The van der Waals surface area contributed by atoms with Crippen molar-refractivity contribution in [3.05, 3.63) is 34.3 Å². The van der Waals surface area contributed by atoms with E-state index in [1.165, 1.54) is 5.56 Å². The first kappa shape index (κ1) is 12.0. The molecule has 3 rings (SSSR count). The number of halogens is 1. The molecule has 0 spiro atoms. The van der Waals surface area contributed by atoms with E-state index in [4.69, 9.17) is 0 Å². The molecule has 18 heavy (non-hydrogen) atoms. The predicted octanol–water partition coefficient (Wildman–Crippen LogP) is 1.88. The maximum atomic E-state index is 12.0. The number of carbonyl (C=O) groups excluding carboxylic acids is 1. The Labute approximate surface area is 115 Å². The van der Waals surface area contributed by atoms with Gasteiger partial charge in [-0.05, 0) is 30.7 Å². The van der Waals surface area contributed by atoms with Crippen molar-refractivity contribution in [1.82, 2.24) is 15.5 Å². The highest BCUT2D eigenvalue weighted by atomic mass is 79.9. The number of hydrogen-bond acceptors (Lipinski definition) is 2. The summed E-state index contributed by atoms with van der Waals surface area (Å²) < 4.78 is 1.06. The Morgan fingerprint density at radius 1 is 1.28 bits per heavy atom. The van der Waals surface area contributed by atoms with E-state index in [1.807, 2.05) is 17.0 Å². The van der Waals surface area contributed by atoms with Gasteiger partial charge in [0, 0.05) is 23.6 Å². The van der Waals surface area contributed by atoms with Crippen molar-refractivity contribution in [2.75, 3.05) is 19.6 Å². The van der Waals surface area contributed by atoms with Gasteiger partial charge in [0.25, 0.3) is 0 Å². The van der Waals surface area contributed by atoms with Crippen molar-refractivity contribution in [2.45, 2.75) is 18.5 Å². The predicted molar refractivity (Wildman–Crippen MR) is 73.4 cm³/mol. The van der Waals surface area contributed by atoms with E-state index in [2.05, 4.69) is 38.7 Å². The first-order chi connectivity index (χ1) is 8.74. The molecule has 0 bridgehead atoms. The zero-order valence-electron chi connectivity index (χ0n) is 10.0. The number of nitrogens with zero attached hydrogens (tertiary/aromatic N) is 1. The fourth-order valence-corrected chi connectivity index (χ4v) is 2.93. The van der Waals surface area contributed by atoms with Gasteiger partial charge in [0.05, 0.1) is 6.04 Å². The third-order valence-electron chi connectivity index (χ3n) is 3.69. The molecular formula is C13H16BrN3O. The van der Waals surface area contributed by atoms with Gasteiger partial charge in [-0.15, -0.1) is 0 Å². The standard InChI is InChI=1S/C13H16BrN3O/c14-10-3-1-9(2-4-10)12-8-17(13(18)16-12)11-5-6-15-7-11/h1-4,11-12,15H,5-8H2,(H,16,18). The number of rotatable bonds is 2. The second-order valence-electron chi connectivity index (χ2n) is 4.85. The number of carbonyl (C=O) groups is 1. The average Bonchev–Trinajstić information content (AvgIpc) is 2.99. The molecular weight excluding hydrogens is 294 g/mol. The molecule has 2 N–H and O–H groups in total. The average molecular weight is 310 g/mol. The van der Waals surface area contributed by atoms with Gasteiger partial charge in [-0.2, -0.15) is 0 Å². The second-order valence-corrected chi connectivity index (χ2v) is 5.77. The van der Waals surface area contributed by atoms with E-state index in [1.54, 1.807) is 0 Å². The minimum atomic E-state index is 0.0663. The molecule has 0 aromatic heterocycles. The lowest BCUT2D eigenvalue weighted by molar-refractivity contribution is 0.201. The van der Waals surface area contributed by atoms with Gasteiger partial charge < -0.3 is 15.5 Å². The van der Waals surface area contributed by atoms with Crippen LogP contribution in [0.3, 0.4) is 0 Å². The summed E-state index contributed by atoms with van der Waals surface area (Å²) in [7, 11) is 0. The minimum Gasteiger partial charge on any atom is -0.329 e. The van der Waals surface area contributed by atoms with Crippen molar-refractivity contribution >= 4 is 22.0 Å². The molecule has 2 amide bonds. The van der Waals surface area contributed by atoms with Gasteiger partial charge in [-0.1, -0.05) is 28.1 Å². The number of hydrogen-bond donors (Lipinski definition) is 2. The summed E-state index contributed by atoms with van der Waals surface area (Å²) in [6.45, 7) is 2.70. The third-order valence-corrected chi connectivity index (χ3v) is 4.21. The summed E-state index contributed by atoms with van der Waals surface area (Å²) >= 11 is 3.43. The van der Waals surface area contributed by atoms with Crippen LogP contribution in [0.1, 0.15) is 18.0 Å². The van der Waals surface area contributed by atoms with E-state index < -0.39 is 0 Å². The van der Waals surface area contributed by atoms with Crippen molar-refractivity contribution in [1.29, 1.82) is 0 Å². The molecule has 2 unspecified atom stereocenters. The lowest BCUT2D eigenvalue weighted by atomic mass is 10.1. The first-order valence-corrected chi connectivity index (χ1v) is 7.06. The van der Waals surface area contributed by atoms with Gasteiger partial charge in [0.1, 0.15) is 0 Å². The molecule has 4 nitrogen and oxygen atoms in total. The van der Waals surface area contributed by atoms with Crippen LogP contribution < -0.4 is 10.6 Å². The third kappa shape index (κ3) is 2.24. The van der Waals surface area contributed by atoms with Crippen LogP contribution >= 0.6 is 15.9 Å². The lowest BCUT2D eigenvalue weighted by Gasteiger charge is -2.21. The van der Waals surface area contributed by atoms with Crippen LogP contribution in [0.5, 0.6) is 0 Å². The molecule has 2 fully saturated rings. The highest BCUT2D eigenvalue weighted by Gasteiger charge is 2.35. The van der Waals surface area contributed by atoms with Gasteiger partial charge in [0.15, 0.2) is 0 Å². The van der Waals surface area contributed by atoms with Crippen LogP contribution in [0.25, 0.3) is 0 Å². The number of urea groups is 1. The zero-order chi connectivity index (χ0) is 12.5. The van der Waals surface area contributed by atoms with Crippen molar-refractivity contribution in [2.24, 2.45) is 0 Å². The summed E-state index contributed by atoms with van der Waals surface area (Å²) in [4.78, 5) is 14.0. The van der Waals surface area contributed by atoms with E-state index >= 15 is 0 Å². The minimum absolute atomic E-state index is 0.0663. The highest BCUT2D eigenvalue weighted by molar-refractivity contribution is 9.10. The molecule has 0 radical (unpaired) electrons. The highest BCUT2D eigenvalue weighted by Crippen LogP contribution is 2.24. The van der Waals surface area contributed by atoms with Crippen LogP contribution in [0.4, 0.5) is 4.79 Å². The molecule has 0 aliphatic carbocycles. The first-order valence-electron chi connectivity index (χ1n) is 6.27. The van der Waals surface area contributed by atoms with Gasteiger partial charge in [-0.25, -0.2) is 4.79 Å². The summed E-state index contributed by atoms with van der Waals surface area (Å²) in [6, 6.07) is 8.69. The van der Waals surface area contributed by atoms with Crippen LogP contribution in [-0.2, 0) is 0 Å². The van der Waals surface area contributed by atoms with Gasteiger partial charge in [-0.3, -0.25) is 0 Å². The number of benzene rings is 1. The maximum Gasteiger partial charge on any atom is 0.318 e. The maximum absolute atomic E-state index is 12.0. The lowest BCUT2D eigenvalue weighted by Crippen LogP contribution is -2.39. The molecule has 96 valence electrons. The Kier molecular flexibility index (Phi) is 3.26. The van der Waals surface area contributed by atoms with E-state index in [-0.39, 0.29) is 12.1 Å². The molecule has 2 heterocycles. The fourth-order valence-electron chi connectivity index (χ4n) is 2.66. The summed E-state index contributed by atoms with van der Waals surface area (Å²) in [5.74, 6) is 0. The van der Waals surface area contributed by atoms with Crippen LogP contribution in [-0.4, -0.2) is 36.6 Å². The Hall–Kier alpha value is -1.07. The van der Waals surface area contributed by atoms with E-state index in [9.17, 15) is 4.79 Å². The Morgan fingerprint density at radius 3 is 2.72 bits per heavy atom. The van der Waals surface area contributed by atoms with Crippen molar-refractivity contribution in [3.8, 4) is 0 Å². The normalized spacial score (nSPS) is 27.6. The monoisotopic (exact) mass is 309 g/mol. The molecule has 0 saturated carbocycles. The molecule has 1 aromatic rings. The smallest absolute Gasteiger partial charge is 0.318 e. The quantitative estimate of drug-likeness (QED) is 0.876. The van der Waals surface area contributed by atoms with Gasteiger partial charge in [0.2, 0.25) is 0 Å². The molecule has 2 aliphatic rings. The SMILES string of the molecule is O=C1NC(c2ccc(Br)cc2)CN1C1CCNC1. The molecule has 2 saturated heterocycles. The Bertz CT molecular complexity index is 442. The van der Waals surface area contributed by atoms with Crippen LogP contribution in [0, 0.1) is 0 Å². The Balaban J connectivity index is 1.73. The molecule has 2 atom stereocenters. The summed E-state index contributed by atoms with van der Waals surface area (Å²) in [5, 5.41) is 6.36. The van der Waals surface area contributed by atoms with Gasteiger partial charge >= 0.3 is 6.03 Å². The molecule has 2 aliphatic heterocycles. The topological polar surface area (TPSA) is 44.4 Å². The van der Waals surface area contributed by atoms with Crippen molar-refractivity contribution < 1.29 is 4.79 Å². The number of amides is 2. The van der Waals surface area contributed by atoms with Crippen LogP contribution in [0.2, 0.25) is 0 Å². The number of nitrogens with one attached hydrogen (secondary N) is 2. The molecule has 5 heteroatoms. The van der Waals surface area contributed by atoms with Crippen molar-refractivity contribution in [3.63, 3.8) is 0 Å². The van der Waals surface area contributed by atoms with E-state index in [0.717, 1.165) is 30.5 Å². The molecule has 1 aromatic carbocycles. The summed E-state index contributed by atoms with van der Waals surface area (Å²) in [6.07, 6.45) is 1.06. The largest absolute Gasteiger partial charge is 0.329 e. The zero-order valence-corrected chi connectivity index (χ0v) is 11.6. The second kappa shape index (κ2) is 4.90. The summed E-state index contributed by atoms with van der Waals surface area (Å²) in [5.41, 5.74) is 1.17. The van der Waals surface area contributed by atoms with Crippen LogP contribution in [0.15, 0.2) is 28.7 Å². The van der Waals surface area contributed by atoms with E-state index in [0.29, 0.717) is 6.04 Å². The fraction of sp³-hybridized carbons (Fsp3) is 0.462.